The second-order valence-corrected chi connectivity index (χ2v) is 7.86. The molecule has 0 radical (unpaired) electrons. The third-order valence-corrected chi connectivity index (χ3v) is 4.70. The van der Waals surface area contributed by atoms with Crippen molar-refractivity contribution in [3.63, 3.8) is 0 Å². The van der Waals surface area contributed by atoms with Crippen LogP contribution >= 0.6 is 11.6 Å². The number of ether oxygens (including phenoxy) is 1. The minimum Gasteiger partial charge on any atom is -0.444 e. The van der Waals surface area contributed by atoms with E-state index in [2.05, 4.69) is 15.0 Å². The van der Waals surface area contributed by atoms with Gasteiger partial charge in [-0.25, -0.2) is 24.1 Å². The van der Waals surface area contributed by atoms with E-state index in [-0.39, 0.29) is 22.8 Å². The first-order valence-corrected chi connectivity index (χ1v) is 9.28. The van der Waals surface area contributed by atoms with Gasteiger partial charge in [-0.05, 0) is 27.2 Å². The summed E-state index contributed by atoms with van der Waals surface area (Å²) in [6, 6.07) is -0.0382. The lowest BCUT2D eigenvalue weighted by atomic mass is 10.1. The average Bonchev–Trinajstić information content (AvgIpc) is 2.62. The van der Waals surface area contributed by atoms with Gasteiger partial charge in [-0.3, -0.25) is 0 Å². The lowest BCUT2D eigenvalue weighted by Crippen LogP contribution is -2.56. The van der Waals surface area contributed by atoms with E-state index < -0.39 is 11.4 Å². The van der Waals surface area contributed by atoms with Gasteiger partial charge in [0.15, 0.2) is 11.0 Å². The first-order valence-electron chi connectivity index (χ1n) is 8.90. The highest BCUT2D eigenvalue weighted by molar-refractivity contribution is 6.30. The molecule has 7 nitrogen and oxygen atoms in total. The van der Waals surface area contributed by atoms with Crippen LogP contribution in [0.1, 0.15) is 34.1 Å². The molecule has 0 bridgehead atoms. The summed E-state index contributed by atoms with van der Waals surface area (Å²) >= 11 is 5.76. The van der Waals surface area contributed by atoms with Crippen molar-refractivity contribution >= 4 is 34.4 Å². The SMILES string of the molecule is CC[C@H]1CN(c2ncnc3c(F)c(Cl)ncc23)CCN1C(=O)OC(C)(C)C. The monoisotopic (exact) mass is 395 g/mol. The molecule has 3 rings (SSSR count). The van der Waals surface area contributed by atoms with Crippen molar-refractivity contribution < 1.29 is 13.9 Å². The van der Waals surface area contributed by atoms with Crippen molar-refractivity contribution in [1.29, 1.82) is 0 Å². The van der Waals surface area contributed by atoms with E-state index in [0.717, 1.165) is 6.42 Å². The Morgan fingerprint density at radius 2 is 2.07 bits per heavy atom. The molecule has 0 aliphatic carbocycles. The Kier molecular flexibility index (Phi) is 5.37. The number of halogens is 2. The van der Waals surface area contributed by atoms with Gasteiger partial charge >= 0.3 is 6.09 Å². The third kappa shape index (κ3) is 4.05. The van der Waals surface area contributed by atoms with Crippen molar-refractivity contribution in [3.8, 4) is 0 Å². The second kappa shape index (κ2) is 7.42. The summed E-state index contributed by atoms with van der Waals surface area (Å²) < 4.78 is 19.8. The molecule has 1 amide bonds. The molecular formula is C18H23ClFN5O2. The molecule has 0 N–H and O–H groups in total. The van der Waals surface area contributed by atoms with Crippen LogP contribution in [-0.2, 0) is 4.74 Å². The summed E-state index contributed by atoms with van der Waals surface area (Å²) in [5.74, 6) is -0.0670. The van der Waals surface area contributed by atoms with E-state index in [9.17, 15) is 9.18 Å². The number of hydrogen-bond acceptors (Lipinski definition) is 6. The largest absolute Gasteiger partial charge is 0.444 e. The van der Waals surface area contributed by atoms with E-state index in [1.807, 2.05) is 32.6 Å². The molecule has 27 heavy (non-hydrogen) atoms. The number of amides is 1. The van der Waals surface area contributed by atoms with Crippen LogP contribution in [0.25, 0.3) is 10.9 Å². The van der Waals surface area contributed by atoms with Crippen LogP contribution < -0.4 is 4.90 Å². The van der Waals surface area contributed by atoms with Crippen molar-refractivity contribution in [2.75, 3.05) is 24.5 Å². The minimum absolute atomic E-state index is 0.0382. The third-order valence-electron chi connectivity index (χ3n) is 4.44. The number of carbonyl (C=O) groups is 1. The van der Waals surface area contributed by atoms with Gasteiger partial charge in [-0.2, -0.15) is 0 Å². The molecule has 1 aliphatic heterocycles. The van der Waals surface area contributed by atoms with Gasteiger partial charge in [0.25, 0.3) is 0 Å². The summed E-state index contributed by atoms with van der Waals surface area (Å²) in [6.45, 7) is 9.16. The van der Waals surface area contributed by atoms with Gasteiger partial charge in [0.2, 0.25) is 0 Å². The Hall–Kier alpha value is -2.22. The number of hydrogen-bond donors (Lipinski definition) is 0. The number of carbonyl (C=O) groups excluding carboxylic acids is 1. The normalized spacial score (nSPS) is 18.1. The van der Waals surface area contributed by atoms with Crippen LogP contribution in [0.2, 0.25) is 5.15 Å². The molecular weight excluding hydrogens is 373 g/mol. The van der Waals surface area contributed by atoms with Gasteiger partial charge in [0, 0.05) is 25.8 Å². The molecule has 1 saturated heterocycles. The van der Waals surface area contributed by atoms with Crippen LogP contribution in [0.3, 0.4) is 0 Å². The van der Waals surface area contributed by atoms with Crippen LogP contribution in [0, 0.1) is 5.82 Å². The van der Waals surface area contributed by atoms with E-state index in [4.69, 9.17) is 16.3 Å². The lowest BCUT2D eigenvalue weighted by molar-refractivity contribution is 0.0136. The average molecular weight is 396 g/mol. The molecule has 0 unspecified atom stereocenters. The highest BCUT2D eigenvalue weighted by atomic mass is 35.5. The topological polar surface area (TPSA) is 71.5 Å². The van der Waals surface area contributed by atoms with Gasteiger partial charge in [0.1, 0.15) is 23.3 Å². The van der Waals surface area contributed by atoms with Crippen LogP contribution in [0.5, 0.6) is 0 Å². The summed E-state index contributed by atoms with van der Waals surface area (Å²) in [5.41, 5.74) is -0.403. The number of fused-ring (bicyclic) bond motifs is 1. The lowest BCUT2D eigenvalue weighted by Gasteiger charge is -2.42. The number of aromatic nitrogens is 3. The molecule has 146 valence electrons. The van der Waals surface area contributed by atoms with Crippen molar-refractivity contribution in [3.05, 3.63) is 23.5 Å². The van der Waals surface area contributed by atoms with Gasteiger partial charge < -0.3 is 14.5 Å². The molecule has 1 fully saturated rings. The van der Waals surface area contributed by atoms with Crippen molar-refractivity contribution in [2.24, 2.45) is 0 Å². The number of rotatable bonds is 2. The maximum atomic E-state index is 14.2. The molecule has 9 heteroatoms. The molecule has 3 heterocycles. The number of anilines is 1. The Balaban J connectivity index is 1.86. The quantitative estimate of drug-likeness (QED) is 0.723. The Morgan fingerprint density at radius 3 is 2.74 bits per heavy atom. The fourth-order valence-electron chi connectivity index (χ4n) is 3.17. The minimum atomic E-state index is -0.655. The predicted octanol–water partition coefficient (Wildman–Crippen LogP) is 3.65. The Bertz CT molecular complexity index is 857. The van der Waals surface area contributed by atoms with Crippen LogP contribution in [-0.4, -0.2) is 57.2 Å². The molecule has 0 aromatic carbocycles. The Morgan fingerprint density at radius 1 is 1.33 bits per heavy atom. The fraction of sp³-hybridized carbons (Fsp3) is 0.556. The molecule has 1 aliphatic rings. The summed E-state index contributed by atoms with van der Waals surface area (Å²) in [7, 11) is 0. The zero-order valence-electron chi connectivity index (χ0n) is 15.9. The summed E-state index contributed by atoms with van der Waals surface area (Å²) in [4.78, 5) is 28.5. The highest BCUT2D eigenvalue weighted by Gasteiger charge is 2.33. The summed E-state index contributed by atoms with van der Waals surface area (Å²) in [6.07, 6.45) is 3.24. The molecule has 0 saturated carbocycles. The molecule has 1 atom stereocenters. The molecule has 2 aromatic heterocycles. The van der Waals surface area contributed by atoms with Crippen LogP contribution in [0.4, 0.5) is 15.0 Å². The zero-order chi connectivity index (χ0) is 19.8. The second-order valence-electron chi connectivity index (χ2n) is 7.50. The summed E-state index contributed by atoms with van der Waals surface area (Å²) in [5, 5.41) is 0.285. The molecule has 0 spiro atoms. The van der Waals surface area contributed by atoms with Gasteiger partial charge in [0.05, 0.1) is 11.4 Å². The maximum Gasteiger partial charge on any atom is 0.410 e. The van der Waals surface area contributed by atoms with Gasteiger partial charge in [-0.1, -0.05) is 18.5 Å². The first-order chi connectivity index (χ1) is 12.7. The van der Waals surface area contributed by atoms with Crippen LogP contribution in [0.15, 0.2) is 12.5 Å². The number of pyridine rings is 1. The van der Waals surface area contributed by atoms with Gasteiger partial charge in [-0.15, -0.1) is 0 Å². The Labute approximate surface area is 162 Å². The van der Waals surface area contributed by atoms with E-state index in [1.54, 1.807) is 4.90 Å². The highest BCUT2D eigenvalue weighted by Crippen LogP contribution is 2.29. The van der Waals surface area contributed by atoms with E-state index in [0.29, 0.717) is 30.8 Å². The fourth-order valence-corrected chi connectivity index (χ4v) is 3.30. The smallest absolute Gasteiger partial charge is 0.410 e. The molecule has 2 aromatic rings. The standard InChI is InChI=1S/C18H23ClFN5O2/c1-5-11-9-24(6-7-25(11)17(26)27-18(2,3)4)16-12-8-21-15(19)13(20)14(12)22-10-23-16/h8,10-11H,5-7,9H2,1-4H3/t11-/m0/s1. The predicted molar refractivity (Wildman–Crippen MR) is 102 cm³/mol. The zero-order valence-corrected chi connectivity index (χ0v) is 16.6. The van der Waals surface area contributed by atoms with E-state index in [1.165, 1.54) is 12.5 Å². The van der Waals surface area contributed by atoms with Crippen molar-refractivity contribution in [2.45, 2.75) is 45.8 Å². The number of nitrogens with zero attached hydrogens (tertiary/aromatic N) is 5. The van der Waals surface area contributed by atoms with Crippen molar-refractivity contribution in [1.82, 2.24) is 19.9 Å². The van der Waals surface area contributed by atoms with E-state index >= 15 is 0 Å². The first kappa shape index (κ1) is 19.5. The maximum absolute atomic E-state index is 14.2. The number of piperazine rings is 1.